The summed E-state index contributed by atoms with van der Waals surface area (Å²) in [4.78, 5) is 0. The number of aromatic hydroxyl groups is 1. The van der Waals surface area contributed by atoms with Crippen LogP contribution in [0.4, 0.5) is 0 Å². The topological polar surface area (TPSA) is 29.5 Å². The Hall–Kier alpha value is -1.02. The Balaban J connectivity index is 2.52. The minimum atomic E-state index is -0.200. The maximum absolute atomic E-state index is 9.37. The van der Waals surface area contributed by atoms with Gasteiger partial charge in [-0.1, -0.05) is 13.0 Å². The third-order valence-corrected chi connectivity index (χ3v) is 2.88. The summed E-state index contributed by atoms with van der Waals surface area (Å²) in [6, 6.07) is 5.46. The van der Waals surface area contributed by atoms with Crippen molar-refractivity contribution in [1.29, 1.82) is 0 Å². The molecule has 2 rings (SSSR count). The molecule has 1 N–H and O–H groups in total. The molecule has 1 aliphatic rings. The number of hydrogen-bond donors (Lipinski definition) is 1. The van der Waals surface area contributed by atoms with Crippen LogP contribution >= 0.6 is 0 Å². The van der Waals surface area contributed by atoms with Crippen molar-refractivity contribution in [2.75, 3.05) is 0 Å². The molecule has 0 saturated heterocycles. The van der Waals surface area contributed by atoms with Gasteiger partial charge in [-0.25, -0.2) is 0 Å². The number of fused-ring (bicyclic) bond motifs is 1. The van der Waals surface area contributed by atoms with Crippen LogP contribution in [0.15, 0.2) is 18.2 Å². The SMILES string of the molecule is CCC1(C)OCc2ccc(O)cc21. The Morgan fingerprint density at radius 2 is 2.31 bits per heavy atom. The van der Waals surface area contributed by atoms with Gasteiger partial charge in [0.2, 0.25) is 0 Å². The number of phenols is 1. The van der Waals surface area contributed by atoms with Crippen LogP contribution in [-0.2, 0) is 16.9 Å². The quantitative estimate of drug-likeness (QED) is 0.716. The lowest BCUT2D eigenvalue weighted by Gasteiger charge is -2.22. The third kappa shape index (κ3) is 1.22. The molecule has 0 fully saturated rings. The summed E-state index contributed by atoms with van der Waals surface area (Å²) in [6.45, 7) is 4.83. The van der Waals surface area contributed by atoms with Crippen molar-refractivity contribution >= 4 is 0 Å². The molecule has 1 aliphatic heterocycles. The van der Waals surface area contributed by atoms with E-state index in [1.165, 1.54) is 5.56 Å². The van der Waals surface area contributed by atoms with Crippen LogP contribution in [0.25, 0.3) is 0 Å². The molecule has 2 heteroatoms. The van der Waals surface area contributed by atoms with E-state index in [9.17, 15) is 5.11 Å². The van der Waals surface area contributed by atoms with Gasteiger partial charge in [-0.2, -0.15) is 0 Å². The average Bonchev–Trinajstić information content (AvgIpc) is 2.45. The molecule has 0 aromatic heterocycles. The lowest BCUT2D eigenvalue weighted by atomic mass is 9.92. The highest BCUT2D eigenvalue weighted by atomic mass is 16.5. The van der Waals surface area contributed by atoms with Gasteiger partial charge in [-0.3, -0.25) is 0 Å². The van der Waals surface area contributed by atoms with Gasteiger partial charge in [0.05, 0.1) is 12.2 Å². The fourth-order valence-corrected chi connectivity index (χ4v) is 1.79. The molecule has 1 atom stereocenters. The van der Waals surface area contributed by atoms with Crippen molar-refractivity contribution < 1.29 is 9.84 Å². The maximum Gasteiger partial charge on any atom is 0.115 e. The second kappa shape index (κ2) is 2.74. The van der Waals surface area contributed by atoms with Gasteiger partial charge in [-0.05, 0) is 36.6 Å². The second-order valence-corrected chi connectivity index (χ2v) is 3.71. The highest BCUT2D eigenvalue weighted by Gasteiger charge is 2.33. The molecule has 0 bridgehead atoms. The Bertz CT molecular complexity index is 333. The Morgan fingerprint density at radius 1 is 1.54 bits per heavy atom. The van der Waals surface area contributed by atoms with Gasteiger partial charge in [0.15, 0.2) is 0 Å². The van der Waals surface area contributed by atoms with Crippen molar-refractivity contribution in [3.05, 3.63) is 29.3 Å². The van der Waals surface area contributed by atoms with E-state index in [0.29, 0.717) is 12.4 Å². The molecule has 2 nitrogen and oxygen atoms in total. The largest absolute Gasteiger partial charge is 0.508 e. The van der Waals surface area contributed by atoms with Crippen molar-refractivity contribution in [2.24, 2.45) is 0 Å². The van der Waals surface area contributed by atoms with Gasteiger partial charge in [-0.15, -0.1) is 0 Å². The zero-order valence-corrected chi connectivity index (χ0v) is 8.00. The molecule has 0 radical (unpaired) electrons. The lowest BCUT2D eigenvalue weighted by Crippen LogP contribution is -2.18. The predicted octanol–water partition coefficient (Wildman–Crippen LogP) is 2.55. The fourth-order valence-electron chi connectivity index (χ4n) is 1.79. The van der Waals surface area contributed by atoms with Gasteiger partial charge < -0.3 is 9.84 Å². The number of phenolic OH excluding ortho intramolecular Hbond substituents is 1. The van der Waals surface area contributed by atoms with Crippen LogP contribution in [0.2, 0.25) is 0 Å². The average molecular weight is 178 g/mol. The molecule has 0 amide bonds. The van der Waals surface area contributed by atoms with Crippen LogP contribution in [0.5, 0.6) is 5.75 Å². The van der Waals surface area contributed by atoms with Crippen LogP contribution in [0.3, 0.4) is 0 Å². The van der Waals surface area contributed by atoms with Gasteiger partial charge >= 0.3 is 0 Å². The van der Waals surface area contributed by atoms with Crippen molar-refractivity contribution in [1.82, 2.24) is 0 Å². The van der Waals surface area contributed by atoms with E-state index in [2.05, 4.69) is 13.8 Å². The highest BCUT2D eigenvalue weighted by molar-refractivity contribution is 5.40. The number of hydrogen-bond acceptors (Lipinski definition) is 2. The van der Waals surface area contributed by atoms with Crippen molar-refractivity contribution in [3.63, 3.8) is 0 Å². The zero-order valence-electron chi connectivity index (χ0n) is 8.00. The molecule has 13 heavy (non-hydrogen) atoms. The first kappa shape index (κ1) is 8.57. The Morgan fingerprint density at radius 3 is 3.00 bits per heavy atom. The van der Waals surface area contributed by atoms with E-state index in [0.717, 1.165) is 12.0 Å². The number of rotatable bonds is 1. The summed E-state index contributed by atoms with van der Waals surface area (Å²) in [6.07, 6.45) is 0.934. The first-order valence-electron chi connectivity index (χ1n) is 4.62. The van der Waals surface area contributed by atoms with Crippen LogP contribution in [0.1, 0.15) is 31.4 Å². The molecule has 1 unspecified atom stereocenters. The first-order chi connectivity index (χ1) is 6.15. The summed E-state index contributed by atoms with van der Waals surface area (Å²) < 4.78 is 5.70. The number of ether oxygens (including phenoxy) is 1. The summed E-state index contributed by atoms with van der Waals surface area (Å²) in [5.74, 6) is 0.323. The molecule has 70 valence electrons. The zero-order chi connectivity index (χ0) is 9.47. The van der Waals surface area contributed by atoms with Crippen LogP contribution < -0.4 is 0 Å². The van der Waals surface area contributed by atoms with E-state index >= 15 is 0 Å². The van der Waals surface area contributed by atoms with Gasteiger partial charge in [0.1, 0.15) is 5.75 Å². The minimum absolute atomic E-state index is 0.200. The second-order valence-electron chi connectivity index (χ2n) is 3.71. The van der Waals surface area contributed by atoms with E-state index in [-0.39, 0.29) is 5.60 Å². The molecule has 0 saturated carbocycles. The van der Waals surface area contributed by atoms with E-state index < -0.39 is 0 Å². The molecule has 1 aromatic carbocycles. The van der Waals surface area contributed by atoms with E-state index in [4.69, 9.17) is 4.74 Å². The first-order valence-corrected chi connectivity index (χ1v) is 4.62. The molecular formula is C11H14O2. The minimum Gasteiger partial charge on any atom is -0.508 e. The van der Waals surface area contributed by atoms with E-state index in [1.807, 2.05) is 12.1 Å². The van der Waals surface area contributed by atoms with Crippen LogP contribution in [0, 0.1) is 0 Å². The Kier molecular flexibility index (Phi) is 1.81. The molecule has 0 spiro atoms. The molecule has 0 aliphatic carbocycles. The molecule has 1 heterocycles. The monoisotopic (exact) mass is 178 g/mol. The normalized spacial score (nSPS) is 26.0. The van der Waals surface area contributed by atoms with Crippen molar-refractivity contribution in [2.45, 2.75) is 32.5 Å². The maximum atomic E-state index is 9.37. The molecule has 1 aromatic rings. The van der Waals surface area contributed by atoms with Crippen LogP contribution in [-0.4, -0.2) is 5.11 Å². The lowest BCUT2D eigenvalue weighted by molar-refractivity contribution is -0.0260. The summed E-state index contributed by atoms with van der Waals surface area (Å²) in [5.41, 5.74) is 2.13. The van der Waals surface area contributed by atoms with Gasteiger partial charge in [0.25, 0.3) is 0 Å². The fraction of sp³-hybridized carbons (Fsp3) is 0.455. The van der Waals surface area contributed by atoms with Gasteiger partial charge in [0, 0.05) is 0 Å². The summed E-state index contributed by atoms with van der Waals surface area (Å²) in [7, 11) is 0. The van der Waals surface area contributed by atoms with E-state index in [1.54, 1.807) is 6.07 Å². The molecular weight excluding hydrogens is 164 g/mol. The summed E-state index contributed by atoms with van der Waals surface area (Å²) >= 11 is 0. The summed E-state index contributed by atoms with van der Waals surface area (Å²) in [5, 5.41) is 9.37. The number of benzene rings is 1. The third-order valence-electron chi connectivity index (χ3n) is 2.88. The predicted molar refractivity (Wildman–Crippen MR) is 50.5 cm³/mol. The Labute approximate surface area is 78.2 Å². The smallest absolute Gasteiger partial charge is 0.115 e. The standard InChI is InChI=1S/C11H14O2/c1-3-11(2)10-6-9(12)5-4-8(10)7-13-11/h4-6,12H,3,7H2,1-2H3. The highest BCUT2D eigenvalue weighted by Crippen LogP contribution is 2.39. The van der Waals surface area contributed by atoms with Crippen molar-refractivity contribution in [3.8, 4) is 5.75 Å².